The maximum Gasteiger partial charge on any atom is 0.573 e. The van der Waals surface area contributed by atoms with Crippen LogP contribution in [-0.4, -0.2) is 12.1 Å². The Kier molecular flexibility index (Phi) is 4.42. The van der Waals surface area contributed by atoms with Gasteiger partial charge in [-0.15, -0.1) is 13.2 Å². The van der Waals surface area contributed by atoms with Gasteiger partial charge >= 0.3 is 6.36 Å². The average molecular weight is 378 g/mol. The monoisotopic (exact) mass is 378 g/mol. The number of alkyl halides is 3. The Morgan fingerprint density at radius 3 is 2.44 bits per heavy atom. The predicted molar refractivity (Wildman–Crippen MR) is 88.8 cm³/mol. The number of halogens is 3. The van der Waals surface area contributed by atoms with E-state index in [-0.39, 0.29) is 34.8 Å². The minimum atomic E-state index is -4.80. The Labute approximate surface area is 153 Å². The lowest BCUT2D eigenvalue weighted by Crippen LogP contribution is -2.33. The standard InChI is InChI=1S/C19H17F3N2O3/c1-18(2)7-13(25)16-14(8-18)26-17(24)12(9-23)15(16)10-3-5-11(6-4-10)27-19(20,21)22/h3-6,15H,7-8,24H2,1-2H3/t15-/m0/s1. The third-order valence-electron chi connectivity index (χ3n) is 4.52. The van der Waals surface area contributed by atoms with Gasteiger partial charge in [-0.25, -0.2) is 0 Å². The number of ether oxygens (including phenoxy) is 2. The van der Waals surface area contributed by atoms with Gasteiger partial charge in [0.25, 0.3) is 0 Å². The molecule has 1 aromatic carbocycles. The molecule has 0 fully saturated rings. The molecule has 0 unspecified atom stereocenters. The molecule has 1 atom stereocenters. The zero-order valence-electron chi connectivity index (χ0n) is 14.7. The van der Waals surface area contributed by atoms with Gasteiger partial charge in [0.15, 0.2) is 5.78 Å². The SMILES string of the molecule is CC1(C)CC(=O)C2=C(C1)OC(N)=C(C#N)[C@@H]2c1ccc(OC(F)(F)F)cc1. The van der Waals surface area contributed by atoms with Crippen LogP contribution in [0, 0.1) is 16.7 Å². The number of Topliss-reactive ketones (excluding diaryl/α,β-unsaturated/α-hetero) is 1. The number of carbonyl (C=O) groups is 1. The Balaban J connectivity index is 2.05. The van der Waals surface area contributed by atoms with E-state index in [0.717, 1.165) is 12.1 Å². The number of nitrogens with two attached hydrogens (primary N) is 1. The molecule has 0 spiro atoms. The summed E-state index contributed by atoms with van der Waals surface area (Å²) in [5, 5.41) is 9.50. The number of nitriles is 1. The highest BCUT2D eigenvalue weighted by molar-refractivity contribution is 6.00. The molecule has 3 rings (SSSR count). The smallest absolute Gasteiger partial charge is 0.444 e. The van der Waals surface area contributed by atoms with E-state index in [0.29, 0.717) is 23.3 Å². The molecule has 0 bridgehead atoms. The summed E-state index contributed by atoms with van der Waals surface area (Å²) >= 11 is 0. The molecule has 1 heterocycles. The van der Waals surface area contributed by atoms with E-state index < -0.39 is 12.3 Å². The van der Waals surface area contributed by atoms with Crippen LogP contribution in [0.25, 0.3) is 0 Å². The van der Waals surface area contributed by atoms with Crippen molar-refractivity contribution in [3.05, 3.63) is 52.6 Å². The summed E-state index contributed by atoms with van der Waals surface area (Å²) in [7, 11) is 0. The Bertz CT molecular complexity index is 890. The van der Waals surface area contributed by atoms with E-state index in [2.05, 4.69) is 4.74 Å². The molecular weight excluding hydrogens is 361 g/mol. The molecule has 1 aromatic rings. The molecule has 2 aliphatic rings. The molecule has 27 heavy (non-hydrogen) atoms. The molecule has 5 nitrogen and oxygen atoms in total. The molecule has 1 aliphatic carbocycles. The van der Waals surface area contributed by atoms with Crippen LogP contribution < -0.4 is 10.5 Å². The molecule has 0 saturated carbocycles. The first-order valence-corrected chi connectivity index (χ1v) is 8.20. The van der Waals surface area contributed by atoms with Crippen LogP contribution in [-0.2, 0) is 9.53 Å². The molecule has 8 heteroatoms. The van der Waals surface area contributed by atoms with Gasteiger partial charge < -0.3 is 15.2 Å². The van der Waals surface area contributed by atoms with E-state index in [4.69, 9.17) is 10.5 Å². The fraction of sp³-hybridized carbons (Fsp3) is 0.368. The van der Waals surface area contributed by atoms with Crippen LogP contribution in [0.15, 0.2) is 47.1 Å². The number of carbonyl (C=O) groups excluding carboxylic acids is 1. The first-order valence-electron chi connectivity index (χ1n) is 8.20. The van der Waals surface area contributed by atoms with Gasteiger partial charge in [-0.05, 0) is 23.1 Å². The second-order valence-electron chi connectivity index (χ2n) is 7.32. The highest BCUT2D eigenvalue weighted by atomic mass is 19.4. The second-order valence-corrected chi connectivity index (χ2v) is 7.32. The summed E-state index contributed by atoms with van der Waals surface area (Å²) in [5.74, 6) is -1.01. The van der Waals surface area contributed by atoms with Crippen LogP contribution in [0.1, 0.15) is 38.2 Å². The van der Waals surface area contributed by atoms with Crippen molar-refractivity contribution < 1.29 is 27.4 Å². The van der Waals surface area contributed by atoms with Crippen molar-refractivity contribution in [1.29, 1.82) is 5.26 Å². The normalized spacial score (nSPS) is 22.1. The molecule has 0 aromatic heterocycles. The lowest BCUT2D eigenvalue weighted by atomic mass is 9.70. The van der Waals surface area contributed by atoms with E-state index in [1.807, 2.05) is 19.9 Å². The van der Waals surface area contributed by atoms with Crippen LogP contribution in [0.2, 0.25) is 0 Å². The van der Waals surface area contributed by atoms with Crippen molar-refractivity contribution >= 4 is 5.78 Å². The van der Waals surface area contributed by atoms with E-state index in [1.54, 1.807) is 0 Å². The van der Waals surface area contributed by atoms with Gasteiger partial charge in [-0.3, -0.25) is 4.79 Å². The largest absolute Gasteiger partial charge is 0.573 e. The molecule has 142 valence electrons. The number of hydrogen-bond acceptors (Lipinski definition) is 5. The van der Waals surface area contributed by atoms with Crippen LogP contribution >= 0.6 is 0 Å². The zero-order chi connectivity index (χ0) is 20.0. The van der Waals surface area contributed by atoms with Crippen molar-refractivity contribution in [3.8, 4) is 11.8 Å². The number of benzene rings is 1. The molecule has 0 amide bonds. The maximum atomic E-state index is 12.8. The van der Waals surface area contributed by atoms with Crippen molar-refractivity contribution in [2.75, 3.05) is 0 Å². The molecule has 0 saturated heterocycles. The highest BCUT2D eigenvalue weighted by Gasteiger charge is 2.43. The minimum absolute atomic E-state index is 0.0614. The fourth-order valence-electron chi connectivity index (χ4n) is 3.48. The van der Waals surface area contributed by atoms with Crippen molar-refractivity contribution in [2.24, 2.45) is 11.1 Å². The van der Waals surface area contributed by atoms with Gasteiger partial charge in [-0.1, -0.05) is 26.0 Å². The van der Waals surface area contributed by atoms with Crippen LogP contribution in [0.5, 0.6) is 5.75 Å². The third kappa shape index (κ3) is 3.77. The summed E-state index contributed by atoms with van der Waals surface area (Å²) < 4.78 is 46.5. The van der Waals surface area contributed by atoms with Gasteiger partial charge in [0.1, 0.15) is 23.2 Å². The van der Waals surface area contributed by atoms with E-state index in [1.165, 1.54) is 12.1 Å². The second kappa shape index (κ2) is 6.34. The molecule has 2 N–H and O–H groups in total. The number of nitrogens with zero attached hydrogens (tertiary/aromatic N) is 1. The summed E-state index contributed by atoms with van der Waals surface area (Å²) in [6.07, 6.45) is -4.05. The van der Waals surface area contributed by atoms with Crippen molar-refractivity contribution in [3.63, 3.8) is 0 Å². The zero-order valence-corrected chi connectivity index (χ0v) is 14.7. The molecule has 1 aliphatic heterocycles. The quantitative estimate of drug-likeness (QED) is 0.840. The lowest BCUT2D eigenvalue weighted by Gasteiger charge is -2.37. The Morgan fingerprint density at radius 2 is 1.89 bits per heavy atom. The summed E-state index contributed by atoms with van der Waals surface area (Å²) in [6, 6.07) is 7.02. The van der Waals surface area contributed by atoms with Crippen LogP contribution in [0.4, 0.5) is 13.2 Å². The number of allylic oxidation sites excluding steroid dienone is 3. The fourth-order valence-corrected chi connectivity index (χ4v) is 3.48. The third-order valence-corrected chi connectivity index (χ3v) is 4.52. The van der Waals surface area contributed by atoms with Gasteiger partial charge in [0, 0.05) is 18.4 Å². The first-order chi connectivity index (χ1) is 12.5. The van der Waals surface area contributed by atoms with E-state index in [9.17, 15) is 23.2 Å². The Hall–Kier alpha value is -2.95. The summed E-state index contributed by atoms with van der Waals surface area (Å²) in [4.78, 5) is 12.8. The predicted octanol–water partition coefficient (Wildman–Crippen LogP) is 4.04. The van der Waals surface area contributed by atoms with Gasteiger partial charge in [-0.2, -0.15) is 5.26 Å². The van der Waals surface area contributed by atoms with Crippen LogP contribution in [0.3, 0.4) is 0 Å². The van der Waals surface area contributed by atoms with Crippen molar-refractivity contribution in [2.45, 2.75) is 39.0 Å². The Morgan fingerprint density at radius 1 is 1.26 bits per heavy atom. The first kappa shape index (κ1) is 18.8. The van der Waals surface area contributed by atoms with Gasteiger partial charge in [0.05, 0.1) is 5.92 Å². The number of hydrogen-bond donors (Lipinski definition) is 1. The maximum absolute atomic E-state index is 12.8. The summed E-state index contributed by atoms with van der Waals surface area (Å²) in [5.41, 5.74) is 6.44. The van der Waals surface area contributed by atoms with Gasteiger partial charge in [0.2, 0.25) is 5.88 Å². The van der Waals surface area contributed by atoms with Crippen molar-refractivity contribution in [1.82, 2.24) is 0 Å². The highest BCUT2D eigenvalue weighted by Crippen LogP contribution is 2.48. The minimum Gasteiger partial charge on any atom is -0.444 e. The van der Waals surface area contributed by atoms with E-state index >= 15 is 0 Å². The number of ketones is 1. The summed E-state index contributed by atoms with van der Waals surface area (Å²) in [6.45, 7) is 3.85. The molecular formula is C19H17F3N2O3. The average Bonchev–Trinajstić information content (AvgIpc) is 2.51. The lowest BCUT2D eigenvalue weighted by molar-refractivity contribution is -0.274. The molecule has 0 radical (unpaired) electrons. The topological polar surface area (TPSA) is 85.3 Å². The number of rotatable bonds is 2.